The zero-order valence-electron chi connectivity index (χ0n) is 60.6. The molecule has 0 spiro atoms. The van der Waals surface area contributed by atoms with E-state index in [2.05, 4.69) is 29.8 Å². The second kappa shape index (κ2) is 54.5. The summed E-state index contributed by atoms with van der Waals surface area (Å²) in [6.07, 6.45) is 14.1. The minimum Gasteiger partial charge on any atom is -0.462 e. The van der Waals surface area contributed by atoms with Gasteiger partial charge in [-0.05, 0) is 39.0 Å². The maximum Gasteiger partial charge on any atom is 0.327 e. The van der Waals surface area contributed by atoms with Gasteiger partial charge in [-0.15, -0.1) is 0 Å². The maximum atomic E-state index is 13.4. The Morgan fingerprint density at radius 3 is 1.39 bits per heavy atom. The molecule has 99 heavy (non-hydrogen) atoms. The first-order chi connectivity index (χ1) is 47.7. The van der Waals surface area contributed by atoms with Gasteiger partial charge in [0.05, 0.1) is 39.1 Å². The lowest BCUT2D eigenvalue weighted by Gasteiger charge is -2.49. The summed E-state index contributed by atoms with van der Waals surface area (Å²) >= 11 is 0. The van der Waals surface area contributed by atoms with Gasteiger partial charge in [-0.25, -0.2) is 0 Å². The van der Waals surface area contributed by atoms with E-state index in [0.717, 1.165) is 45.4 Å². The van der Waals surface area contributed by atoms with E-state index in [4.69, 9.17) is 46.9 Å². The third-order valence-corrected chi connectivity index (χ3v) is 19.6. The normalized spacial score (nSPS) is 26.5. The van der Waals surface area contributed by atoms with Crippen molar-refractivity contribution in [3.8, 4) is 0 Å². The molecule has 3 fully saturated rings. The molecule has 11 N–H and O–H groups in total. The molecule has 0 saturated carbocycles. The van der Waals surface area contributed by atoms with Gasteiger partial charge in [-0.1, -0.05) is 194 Å². The Bertz CT molecular complexity index is 2180. The van der Waals surface area contributed by atoms with Crippen molar-refractivity contribution >= 4 is 37.3 Å². The van der Waals surface area contributed by atoms with Crippen molar-refractivity contribution in [3.63, 3.8) is 0 Å². The molecule has 3 rings (SSSR count). The van der Waals surface area contributed by atoms with Gasteiger partial charge in [0.2, 0.25) is 17.7 Å². The molecular weight excluding hydrogens is 1310 g/mol. The van der Waals surface area contributed by atoms with Crippen LogP contribution in [0, 0.1) is 0 Å². The fourth-order valence-electron chi connectivity index (χ4n) is 12.3. The lowest BCUT2D eigenvalue weighted by molar-refractivity contribution is -0.385. The van der Waals surface area contributed by atoms with Gasteiger partial charge in [0.25, 0.3) is 0 Å². The molecule has 0 bridgehead atoms. The summed E-state index contributed by atoms with van der Waals surface area (Å²) in [4.78, 5) is 63.6. The maximum absolute atomic E-state index is 13.4. The van der Waals surface area contributed by atoms with E-state index in [1.54, 1.807) is 0 Å². The van der Waals surface area contributed by atoms with Crippen LogP contribution in [-0.4, -0.2) is 228 Å². The molecule has 3 aliphatic rings. The van der Waals surface area contributed by atoms with Crippen molar-refractivity contribution in [2.75, 3.05) is 59.4 Å². The molecule has 0 aliphatic carbocycles. The third kappa shape index (κ3) is 39.0. The number of ether oxygens (including phenoxy) is 8. The van der Waals surface area contributed by atoms with E-state index in [0.29, 0.717) is 25.7 Å². The lowest BCUT2D eigenvalue weighted by atomic mass is 9.95. The quantitative estimate of drug-likeness (QED) is 0.0158. The SMILES string of the molecule is CCCCCCCCCCCCCCCCCC(=O)OC[C@H](COP(C)(=O)OCCNC(=O)CCCCC(=O)NCCCO[C@@H]1OC(CO)[C@H](O)[C@H](O[C@@H]2OC(CO)[C@H](O)[C@H](O)C2NC(C)=O)C1O[C@@H]1OC(C)[C@@H](O)[C@H](O)C1O)OC(=O)CCCCCCCCCCCCCCCCC. The Morgan fingerprint density at radius 2 is 0.899 bits per heavy atom. The minimum atomic E-state index is -3.73. The zero-order chi connectivity index (χ0) is 72.6. The Hall–Kier alpha value is -3.06. The molecule has 0 aromatic rings. The first-order valence-corrected chi connectivity index (χ1v) is 39.9. The standard InChI is InChI=1S/C71H132N3O24P/c1-6-8-10-12-14-16-18-20-22-24-26-28-30-32-34-41-58(80)90-49-53(94-59(81)42-35-33-31-29-27-25-23-21-19-17-15-13-11-9-7-2)50-92-99(5,88)91-46-44-73-57(79)40-37-36-39-56(78)72-43-38-45-89-71-68(98-70-66(87)65(86)61(82)51(3)93-70)67(63(84)55(48-76)96-71)97-69-60(74-52(4)77)64(85)62(83)54(47-75)95-69/h51,53-55,60-71,75-76,82-87H,6-50H2,1-5H3,(H,72,78)(H,73,79)(H,74,77)/t51?,53-,54?,55?,60?,61-,62+,63+,64-,65+,66?,67+,68?,69+,70+,71-,99?/m1/s1. The fourth-order valence-corrected chi connectivity index (χ4v) is 13.2. The van der Waals surface area contributed by atoms with E-state index in [9.17, 15) is 69.4 Å². The first kappa shape index (κ1) is 90.2. The molecule has 3 heterocycles. The van der Waals surface area contributed by atoms with E-state index in [-0.39, 0.29) is 83.4 Å². The highest BCUT2D eigenvalue weighted by molar-refractivity contribution is 7.52. The van der Waals surface area contributed by atoms with Gasteiger partial charge in [-0.2, -0.15) is 0 Å². The Morgan fingerprint density at radius 1 is 0.455 bits per heavy atom. The van der Waals surface area contributed by atoms with Crippen LogP contribution in [-0.2, 0) is 75.5 Å². The number of unbranched alkanes of at least 4 members (excludes halogenated alkanes) is 29. The number of rotatable bonds is 59. The molecular formula is C71H132N3O24P. The number of hydrogen-bond acceptors (Lipinski definition) is 24. The number of hydrogen-bond donors (Lipinski definition) is 11. The van der Waals surface area contributed by atoms with Crippen molar-refractivity contribution in [2.24, 2.45) is 0 Å². The summed E-state index contributed by atoms with van der Waals surface area (Å²) in [5.41, 5.74) is 0. The molecule has 3 aliphatic heterocycles. The summed E-state index contributed by atoms with van der Waals surface area (Å²) in [7, 11) is -3.73. The Labute approximate surface area is 590 Å². The molecule has 0 aromatic heterocycles. The Kier molecular flexibility index (Phi) is 49.7. The third-order valence-electron chi connectivity index (χ3n) is 18.4. The summed E-state index contributed by atoms with van der Waals surface area (Å²) < 4.78 is 71.3. The van der Waals surface area contributed by atoms with E-state index in [1.165, 1.54) is 155 Å². The van der Waals surface area contributed by atoms with Crippen LogP contribution in [0.1, 0.15) is 265 Å². The fraction of sp³-hybridized carbons (Fsp3) is 0.930. The number of carbonyl (C=O) groups is 5. The first-order valence-electron chi connectivity index (χ1n) is 37.9. The monoisotopic (exact) mass is 1440 g/mol. The van der Waals surface area contributed by atoms with Crippen LogP contribution >= 0.6 is 7.60 Å². The van der Waals surface area contributed by atoms with E-state index >= 15 is 0 Å². The van der Waals surface area contributed by atoms with Crippen molar-refractivity contribution in [1.29, 1.82) is 0 Å². The molecule has 580 valence electrons. The second-order valence-electron chi connectivity index (χ2n) is 27.3. The molecule has 0 aromatic carbocycles. The second-order valence-corrected chi connectivity index (χ2v) is 29.3. The molecule has 28 heteroatoms. The molecule has 17 atom stereocenters. The molecule has 3 amide bonds. The van der Waals surface area contributed by atoms with Crippen LogP contribution in [0.25, 0.3) is 0 Å². The summed E-state index contributed by atoms with van der Waals surface area (Å²) in [5.74, 6) is -2.19. The van der Waals surface area contributed by atoms with E-state index in [1.807, 2.05) is 0 Å². The number of nitrogens with one attached hydrogen (secondary N) is 3. The van der Waals surface area contributed by atoms with Gasteiger partial charge < -0.3 is 104 Å². The van der Waals surface area contributed by atoms with Gasteiger partial charge >= 0.3 is 19.5 Å². The largest absolute Gasteiger partial charge is 0.462 e. The summed E-state index contributed by atoms with van der Waals surface area (Å²) in [6.45, 7) is 5.88. The van der Waals surface area contributed by atoms with Crippen molar-refractivity contribution in [1.82, 2.24) is 16.0 Å². The lowest BCUT2D eigenvalue weighted by Crippen LogP contribution is -2.68. The number of esters is 2. The summed E-state index contributed by atoms with van der Waals surface area (Å²) in [6, 6.07) is -1.48. The summed E-state index contributed by atoms with van der Waals surface area (Å²) in [5, 5.41) is 92.9. The van der Waals surface area contributed by atoms with Crippen LogP contribution < -0.4 is 16.0 Å². The minimum absolute atomic E-state index is 0.00181. The highest BCUT2D eigenvalue weighted by Gasteiger charge is 2.54. The molecule has 7 unspecified atom stereocenters. The molecule has 3 saturated heterocycles. The van der Waals surface area contributed by atoms with Crippen LogP contribution in [0.5, 0.6) is 0 Å². The van der Waals surface area contributed by atoms with Gasteiger partial charge in [0.15, 0.2) is 25.0 Å². The highest BCUT2D eigenvalue weighted by Crippen LogP contribution is 2.44. The number of carbonyl (C=O) groups excluding carboxylic acids is 5. The van der Waals surface area contributed by atoms with Crippen LogP contribution in [0.15, 0.2) is 0 Å². The zero-order valence-corrected chi connectivity index (χ0v) is 61.5. The van der Waals surface area contributed by atoms with Gasteiger partial charge in [-0.3, -0.25) is 28.5 Å². The van der Waals surface area contributed by atoms with Gasteiger partial charge in [0.1, 0.15) is 73.7 Å². The van der Waals surface area contributed by atoms with Crippen LogP contribution in [0.4, 0.5) is 0 Å². The number of aliphatic hydroxyl groups excluding tert-OH is 8. The van der Waals surface area contributed by atoms with Crippen molar-refractivity contribution in [3.05, 3.63) is 0 Å². The molecule has 0 radical (unpaired) electrons. The smallest absolute Gasteiger partial charge is 0.327 e. The topological polar surface area (TPSA) is 393 Å². The predicted molar refractivity (Wildman–Crippen MR) is 370 cm³/mol. The molecule has 27 nitrogen and oxygen atoms in total. The van der Waals surface area contributed by atoms with Crippen LogP contribution in [0.3, 0.4) is 0 Å². The van der Waals surface area contributed by atoms with Gasteiger partial charge in [0, 0.05) is 52.4 Å². The number of amides is 3. The van der Waals surface area contributed by atoms with E-state index < -0.39 is 137 Å². The average molecular weight is 1440 g/mol. The predicted octanol–water partition coefficient (Wildman–Crippen LogP) is 7.64. The van der Waals surface area contributed by atoms with Crippen LogP contribution in [0.2, 0.25) is 0 Å². The Balaban J connectivity index is 1.41. The highest BCUT2D eigenvalue weighted by atomic mass is 31.2. The van der Waals surface area contributed by atoms with Crippen molar-refractivity contribution in [2.45, 2.75) is 363 Å². The van der Waals surface area contributed by atoms with Crippen molar-refractivity contribution < 1.29 is 116 Å². The number of aliphatic hydroxyl groups is 8. The average Bonchev–Trinajstić information content (AvgIpc) is 0.775.